The summed E-state index contributed by atoms with van der Waals surface area (Å²) in [6.45, 7) is 4.13. The number of sulfone groups is 1. The topological polar surface area (TPSA) is 75.3 Å². The van der Waals surface area contributed by atoms with Crippen molar-refractivity contribution < 1.29 is 13.2 Å². The second-order valence-corrected chi connectivity index (χ2v) is 8.52. The van der Waals surface area contributed by atoms with Crippen molar-refractivity contribution in [1.29, 1.82) is 0 Å². The molecule has 0 spiro atoms. The van der Waals surface area contributed by atoms with Crippen molar-refractivity contribution in [1.82, 2.24) is 10.6 Å². The average Bonchev–Trinajstić information content (AvgIpc) is 2.76. The minimum absolute atomic E-state index is 0.0583. The van der Waals surface area contributed by atoms with Crippen molar-refractivity contribution >= 4 is 15.7 Å². The molecule has 6 heteroatoms. The molecule has 0 aliphatic carbocycles. The van der Waals surface area contributed by atoms with Crippen LogP contribution in [0.25, 0.3) is 0 Å². The molecule has 2 rings (SSSR count). The van der Waals surface area contributed by atoms with E-state index >= 15 is 0 Å². The Kier molecular flexibility index (Phi) is 5.07. The second-order valence-electron chi connectivity index (χ2n) is 6.12. The maximum Gasteiger partial charge on any atom is 0.226 e. The van der Waals surface area contributed by atoms with Crippen LogP contribution in [0, 0.1) is 5.41 Å². The largest absolute Gasteiger partial charge is 0.354 e. The van der Waals surface area contributed by atoms with Gasteiger partial charge in [0.05, 0.1) is 16.4 Å². The summed E-state index contributed by atoms with van der Waals surface area (Å²) in [5.41, 5.74) is -0.289. The van der Waals surface area contributed by atoms with Crippen molar-refractivity contribution in [2.75, 3.05) is 25.4 Å². The third-order valence-corrected chi connectivity index (χ3v) is 7.00. The zero-order valence-electron chi connectivity index (χ0n) is 12.3. The van der Waals surface area contributed by atoms with Gasteiger partial charge in [-0.1, -0.05) is 13.3 Å². The van der Waals surface area contributed by atoms with Crippen LogP contribution in [-0.4, -0.2) is 45.0 Å². The lowest BCUT2D eigenvalue weighted by Crippen LogP contribution is -2.49. The van der Waals surface area contributed by atoms with Crippen LogP contribution < -0.4 is 10.6 Å². The number of hydrogen-bond acceptors (Lipinski definition) is 4. The summed E-state index contributed by atoms with van der Waals surface area (Å²) in [5, 5.41) is 5.85. The van der Waals surface area contributed by atoms with E-state index in [4.69, 9.17) is 0 Å². The van der Waals surface area contributed by atoms with E-state index in [0.29, 0.717) is 13.0 Å². The number of amides is 1. The fourth-order valence-corrected chi connectivity index (χ4v) is 5.22. The number of carbonyl (C=O) groups is 1. The van der Waals surface area contributed by atoms with Crippen molar-refractivity contribution in [2.45, 2.75) is 50.7 Å². The second kappa shape index (κ2) is 6.43. The number of hydrogen-bond donors (Lipinski definition) is 2. The van der Waals surface area contributed by atoms with Gasteiger partial charge in [0.25, 0.3) is 0 Å². The molecule has 0 radical (unpaired) electrons. The smallest absolute Gasteiger partial charge is 0.226 e. The quantitative estimate of drug-likeness (QED) is 0.789. The molecule has 2 N–H and O–H groups in total. The van der Waals surface area contributed by atoms with Gasteiger partial charge in [-0.2, -0.15) is 0 Å². The summed E-state index contributed by atoms with van der Waals surface area (Å²) in [6, 6.07) is 0. The van der Waals surface area contributed by atoms with E-state index in [2.05, 4.69) is 17.6 Å². The molecular formula is C14H26N2O3S. The molecule has 2 fully saturated rings. The monoisotopic (exact) mass is 302 g/mol. The lowest BCUT2D eigenvalue weighted by atomic mass is 9.74. The molecule has 1 amide bonds. The molecule has 2 aliphatic heterocycles. The molecule has 0 bridgehead atoms. The molecule has 0 saturated carbocycles. The average molecular weight is 302 g/mol. The first-order valence-corrected chi connectivity index (χ1v) is 9.42. The molecule has 2 heterocycles. The Bertz CT molecular complexity index is 436. The van der Waals surface area contributed by atoms with Crippen molar-refractivity contribution in [3.63, 3.8) is 0 Å². The SMILES string of the molecule is CCCC1(C(=O)NCC2CCCS2(=O)=O)CCNCC1. The summed E-state index contributed by atoms with van der Waals surface area (Å²) in [6.07, 6.45) is 4.99. The summed E-state index contributed by atoms with van der Waals surface area (Å²) in [5.74, 6) is 0.334. The van der Waals surface area contributed by atoms with Gasteiger partial charge in [-0.25, -0.2) is 8.42 Å². The van der Waals surface area contributed by atoms with Crippen LogP contribution in [0.1, 0.15) is 45.4 Å². The van der Waals surface area contributed by atoms with E-state index in [1.54, 1.807) is 0 Å². The standard InChI is InChI=1S/C14H26N2O3S/c1-2-5-14(6-8-15-9-7-14)13(17)16-11-12-4-3-10-20(12,18)19/h12,15H,2-11H2,1H3,(H,16,17). The maximum atomic E-state index is 12.5. The number of piperidine rings is 1. The first kappa shape index (κ1) is 15.8. The number of nitrogens with one attached hydrogen (secondary N) is 2. The summed E-state index contributed by atoms with van der Waals surface area (Å²) in [7, 11) is -2.97. The van der Waals surface area contributed by atoms with Crippen LogP contribution in [0.15, 0.2) is 0 Å². The first-order valence-electron chi connectivity index (χ1n) is 7.71. The van der Waals surface area contributed by atoms with Crippen molar-refractivity contribution in [3.05, 3.63) is 0 Å². The van der Waals surface area contributed by atoms with Crippen molar-refractivity contribution in [2.24, 2.45) is 5.41 Å². The molecule has 0 aromatic heterocycles. The molecule has 1 unspecified atom stereocenters. The normalized spacial score (nSPS) is 28.1. The van der Waals surface area contributed by atoms with Crippen LogP contribution in [0.3, 0.4) is 0 Å². The number of carbonyl (C=O) groups excluding carboxylic acids is 1. The molecule has 5 nitrogen and oxygen atoms in total. The Morgan fingerprint density at radius 2 is 2.05 bits per heavy atom. The third-order valence-electron chi connectivity index (χ3n) is 4.72. The lowest BCUT2D eigenvalue weighted by Gasteiger charge is -2.36. The Labute approximate surface area is 121 Å². The lowest BCUT2D eigenvalue weighted by molar-refractivity contribution is -0.133. The summed E-state index contributed by atoms with van der Waals surface area (Å²) < 4.78 is 23.6. The molecule has 2 aliphatic rings. The third kappa shape index (κ3) is 3.34. The molecule has 20 heavy (non-hydrogen) atoms. The van der Waals surface area contributed by atoms with E-state index < -0.39 is 9.84 Å². The maximum absolute atomic E-state index is 12.5. The highest BCUT2D eigenvalue weighted by molar-refractivity contribution is 7.92. The summed E-state index contributed by atoms with van der Waals surface area (Å²) >= 11 is 0. The van der Waals surface area contributed by atoms with Gasteiger partial charge in [-0.15, -0.1) is 0 Å². The Hall–Kier alpha value is -0.620. The minimum Gasteiger partial charge on any atom is -0.354 e. The van der Waals surface area contributed by atoms with Gasteiger partial charge in [0, 0.05) is 6.54 Å². The van der Waals surface area contributed by atoms with Crippen LogP contribution in [0.4, 0.5) is 0 Å². The minimum atomic E-state index is -2.97. The Morgan fingerprint density at radius 3 is 2.60 bits per heavy atom. The van der Waals surface area contributed by atoms with E-state index in [-0.39, 0.29) is 22.3 Å². The highest BCUT2D eigenvalue weighted by Crippen LogP contribution is 2.34. The van der Waals surface area contributed by atoms with Crippen molar-refractivity contribution in [3.8, 4) is 0 Å². The number of rotatable bonds is 5. The zero-order valence-corrected chi connectivity index (χ0v) is 13.1. The highest BCUT2D eigenvalue weighted by Gasteiger charge is 2.39. The van der Waals surface area contributed by atoms with Crippen LogP contribution in [0.2, 0.25) is 0 Å². The Balaban J connectivity index is 1.95. The zero-order chi connectivity index (χ0) is 14.6. The Morgan fingerprint density at radius 1 is 1.35 bits per heavy atom. The fraction of sp³-hybridized carbons (Fsp3) is 0.929. The molecular weight excluding hydrogens is 276 g/mol. The molecule has 116 valence electrons. The molecule has 1 atom stereocenters. The van der Waals surface area contributed by atoms with Crippen LogP contribution >= 0.6 is 0 Å². The van der Waals surface area contributed by atoms with Gasteiger partial charge in [0.2, 0.25) is 5.91 Å². The van der Waals surface area contributed by atoms with E-state index in [9.17, 15) is 13.2 Å². The van der Waals surface area contributed by atoms with Crippen LogP contribution in [0.5, 0.6) is 0 Å². The highest BCUT2D eigenvalue weighted by atomic mass is 32.2. The van der Waals surface area contributed by atoms with Gasteiger partial charge in [0.1, 0.15) is 0 Å². The van der Waals surface area contributed by atoms with Gasteiger partial charge >= 0.3 is 0 Å². The van der Waals surface area contributed by atoms with Gasteiger partial charge in [0.15, 0.2) is 9.84 Å². The van der Waals surface area contributed by atoms with E-state index in [1.165, 1.54) is 0 Å². The predicted molar refractivity (Wildman–Crippen MR) is 79.3 cm³/mol. The molecule has 0 aromatic rings. The predicted octanol–water partition coefficient (Wildman–Crippen LogP) is 0.850. The first-order chi connectivity index (χ1) is 9.50. The van der Waals surface area contributed by atoms with Gasteiger partial charge in [-0.05, 0) is 45.2 Å². The molecule has 0 aromatic carbocycles. The van der Waals surface area contributed by atoms with Gasteiger partial charge < -0.3 is 10.6 Å². The fourth-order valence-electron chi connectivity index (χ4n) is 3.46. The van der Waals surface area contributed by atoms with Crippen LogP contribution in [-0.2, 0) is 14.6 Å². The van der Waals surface area contributed by atoms with Gasteiger partial charge in [-0.3, -0.25) is 4.79 Å². The van der Waals surface area contributed by atoms with E-state index in [0.717, 1.165) is 45.2 Å². The summed E-state index contributed by atoms with van der Waals surface area (Å²) in [4.78, 5) is 12.5. The van der Waals surface area contributed by atoms with E-state index in [1.807, 2.05) is 0 Å². The molecule has 2 saturated heterocycles.